The van der Waals surface area contributed by atoms with Crippen molar-refractivity contribution < 1.29 is 43.6 Å². The molecule has 0 aliphatic carbocycles. The molecule has 0 unspecified atom stereocenters. The summed E-state index contributed by atoms with van der Waals surface area (Å²) in [7, 11) is 1.37. The topological polar surface area (TPSA) is 145 Å². The number of aliphatic hydroxyl groups is 1. The number of hydrogen-bond donors (Lipinski definition) is 4. The van der Waals surface area contributed by atoms with Crippen LogP contribution in [0.3, 0.4) is 0 Å². The lowest BCUT2D eigenvalue weighted by Gasteiger charge is -2.26. The Balaban J connectivity index is 1.85. The van der Waals surface area contributed by atoms with Gasteiger partial charge in [-0.05, 0) is 24.3 Å². The third-order valence-electron chi connectivity index (χ3n) is 4.55. The van der Waals surface area contributed by atoms with Crippen LogP contribution in [0.5, 0.6) is 17.2 Å². The van der Waals surface area contributed by atoms with E-state index in [0.717, 1.165) is 6.08 Å². The smallest absolute Gasteiger partial charge is 0.412 e. The maximum absolute atomic E-state index is 12.8. The molecule has 2 atom stereocenters. The average molecular weight is 460 g/mol. The van der Waals surface area contributed by atoms with Gasteiger partial charge in [-0.3, -0.25) is 15.3 Å². The molecule has 2 aromatic carbocycles. The fourth-order valence-electron chi connectivity index (χ4n) is 3.07. The molecule has 3 rings (SSSR count). The maximum atomic E-state index is 12.8. The lowest BCUT2D eigenvalue weighted by molar-refractivity contribution is -0.124. The molecule has 1 aliphatic rings. The molecule has 11 nitrogen and oxygen atoms in total. The van der Waals surface area contributed by atoms with E-state index < -0.39 is 24.2 Å². The van der Waals surface area contributed by atoms with E-state index in [1.54, 1.807) is 42.5 Å². The summed E-state index contributed by atoms with van der Waals surface area (Å²) in [6.45, 7) is -0.0958. The first-order chi connectivity index (χ1) is 16.0. The summed E-state index contributed by atoms with van der Waals surface area (Å²) < 4.78 is 27.2. The summed E-state index contributed by atoms with van der Waals surface area (Å²) in [6, 6.07) is 11.6. The molecule has 1 heterocycles. The van der Waals surface area contributed by atoms with Gasteiger partial charge in [-0.2, -0.15) is 0 Å². The van der Waals surface area contributed by atoms with E-state index in [9.17, 15) is 9.59 Å². The van der Waals surface area contributed by atoms with Crippen LogP contribution in [0, 0.1) is 0 Å². The zero-order chi connectivity index (χ0) is 23.6. The Hall–Kier alpha value is -3.80. The minimum Gasteiger partial charge on any atom is -0.491 e. The van der Waals surface area contributed by atoms with E-state index in [2.05, 4.69) is 5.32 Å². The van der Waals surface area contributed by atoms with Gasteiger partial charge in [0.2, 0.25) is 6.79 Å². The van der Waals surface area contributed by atoms with Crippen LogP contribution in [0.2, 0.25) is 0 Å². The van der Waals surface area contributed by atoms with E-state index in [0.29, 0.717) is 28.5 Å². The van der Waals surface area contributed by atoms with Gasteiger partial charge in [-0.15, -0.1) is 0 Å². The highest BCUT2D eigenvalue weighted by atomic mass is 16.7. The van der Waals surface area contributed by atoms with Gasteiger partial charge in [-0.25, -0.2) is 10.3 Å². The molecule has 2 amide bonds. The van der Waals surface area contributed by atoms with Gasteiger partial charge in [0.25, 0.3) is 5.91 Å². The van der Waals surface area contributed by atoms with Crippen LogP contribution in [0.1, 0.15) is 11.7 Å². The number of ether oxygens (including phenoxy) is 5. The molecule has 0 spiro atoms. The van der Waals surface area contributed by atoms with Crippen LogP contribution >= 0.6 is 0 Å². The number of amides is 2. The Morgan fingerprint density at radius 3 is 2.73 bits per heavy atom. The van der Waals surface area contributed by atoms with E-state index in [4.69, 9.17) is 34.0 Å². The van der Waals surface area contributed by atoms with E-state index in [1.807, 2.05) is 0 Å². The quantitative estimate of drug-likeness (QED) is 0.238. The Morgan fingerprint density at radius 2 is 1.97 bits per heavy atom. The predicted molar refractivity (Wildman–Crippen MR) is 114 cm³/mol. The van der Waals surface area contributed by atoms with Crippen LogP contribution in [0.25, 0.3) is 0 Å². The van der Waals surface area contributed by atoms with Crippen molar-refractivity contribution in [2.75, 3.05) is 32.4 Å². The van der Waals surface area contributed by atoms with Crippen molar-refractivity contribution in [3.05, 3.63) is 60.2 Å². The van der Waals surface area contributed by atoms with Gasteiger partial charge < -0.3 is 28.8 Å². The Labute approximate surface area is 189 Å². The van der Waals surface area contributed by atoms with Crippen molar-refractivity contribution >= 4 is 17.7 Å². The average Bonchev–Trinajstić information content (AvgIpc) is 3.30. The number of rotatable bonds is 10. The molecule has 1 aliphatic heterocycles. The summed E-state index contributed by atoms with van der Waals surface area (Å²) in [6.07, 6.45) is -0.423. The number of anilines is 1. The largest absolute Gasteiger partial charge is 0.491 e. The third-order valence-corrected chi connectivity index (χ3v) is 4.55. The van der Waals surface area contributed by atoms with Crippen molar-refractivity contribution in [2.45, 2.75) is 12.2 Å². The minimum atomic E-state index is -1.05. The van der Waals surface area contributed by atoms with Gasteiger partial charge in [0.15, 0.2) is 17.6 Å². The summed E-state index contributed by atoms with van der Waals surface area (Å²) in [5, 5.41) is 20.5. The van der Waals surface area contributed by atoms with Crippen molar-refractivity contribution in [3.8, 4) is 17.2 Å². The number of methoxy groups -OCH3 is 1. The number of aliphatic hydroxyl groups excluding tert-OH is 1. The van der Waals surface area contributed by atoms with Gasteiger partial charge in [-0.1, -0.05) is 18.2 Å². The van der Waals surface area contributed by atoms with Crippen molar-refractivity contribution in [2.24, 2.45) is 0 Å². The Bertz CT molecular complexity index is 996. The Morgan fingerprint density at radius 1 is 1.18 bits per heavy atom. The summed E-state index contributed by atoms with van der Waals surface area (Å²) in [4.78, 5) is 24.2. The van der Waals surface area contributed by atoms with Crippen LogP contribution in [0.4, 0.5) is 10.5 Å². The fraction of sp³-hybridized carbons (Fsp3) is 0.273. The molecule has 33 heavy (non-hydrogen) atoms. The molecule has 176 valence electrons. The number of benzene rings is 2. The van der Waals surface area contributed by atoms with Crippen LogP contribution in [-0.4, -0.2) is 55.5 Å². The van der Waals surface area contributed by atoms with Gasteiger partial charge in [0, 0.05) is 30.5 Å². The summed E-state index contributed by atoms with van der Waals surface area (Å²) in [5.74, 6) is 0.619. The normalized spacial score (nSPS) is 13.9. The molecule has 4 N–H and O–H groups in total. The molecule has 0 aromatic heterocycles. The zero-order valence-corrected chi connectivity index (χ0v) is 17.7. The number of carbonyl (C=O) groups excluding carboxylic acids is 2. The first-order valence-corrected chi connectivity index (χ1v) is 9.90. The second kappa shape index (κ2) is 11.7. The van der Waals surface area contributed by atoms with Gasteiger partial charge >= 0.3 is 6.09 Å². The monoisotopic (exact) mass is 460 g/mol. The molecule has 0 saturated carbocycles. The number of nitrogens with one attached hydrogen (secondary N) is 2. The van der Waals surface area contributed by atoms with E-state index in [-0.39, 0.29) is 20.0 Å². The van der Waals surface area contributed by atoms with E-state index in [1.165, 1.54) is 18.7 Å². The summed E-state index contributed by atoms with van der Waals surface area (Å²) >= 11 is 0. The lowest BCUT2D eigenvalue weighted by Crippen LogP contribution is -2.28. The molecular formula is C22H24N2O9. The molecule has 0 bridgehead atoms. The van der Waals surface area contributed by atoms with E-state index >= 15 is 0 Å². The van der Waals surface area contributed by atoms with Crippen molar-refractivity contribution in [1.29, 1.82) is 0 Å². The van der Waals surface area contributed by atoms with Gasteiger partial charge in [0.1, 0.15) is 18.5 Å². The van der Waals surface area contributed by atoms with Crippen LogP contribution in [0.15, 0.2) is 54.6 Å². The highest BCUT2D eigenvalue weighted by molar-refractivity contribution is 5.87. The zero-order valence-electron chi connectivity index (χ0n) is 17.7. The molecule has 2 aromatic rings. The van der Waals surface area contributed by atoms with Crippen LogP contribution in [-0.2, 0) is 14.3 Å². The summed E-state index contributed by atoms with van der Waals surface area (Å²) in [5.41, 5.74) is 2.33. The first-order valence-electron chi connectivity index (χ1n) is 9.90. The highest BCUT2D eigenvalue weighted by Crippen LogP contribution is 2.35. The second-order valence-corrected chi connectivity index (χ2v) is 6.66. The van der Waals surface area contributed by atoms with Crippen molar-refractivity contribution in [1.82, 2.24) is 5.48 Å². The van der Waals surface area contributed by atoms with Gasteiger partial charge in [0.05, 0.1) is 6.61 Å². The lowest BCUT2D eigenvalue weighted by atomic mass is 10.0. The number of para-hydroxylation sites is 1. The first kappa shape index (κ1) is 23.9. The maximum Gasteiger partial charge on any atom is 0.412 e. The SMILES string of the molecule is CO[C@@H](/C=C/C(=O)NO)[C@@H](OC(=O)Nc1ccc2c(c1)OCO2)c1ccccc1OCCO. The number of hydroxylamine groups is 1. The predicted octanol–water partition coefficient (Wildman–Crippen LogP) is 2.15. The fourth-order valence-corrected chi connectivity index (χ4v) is 3.07. The molecule has 0 saturated heterocycles. The molecule has 11 heteroatoms. The molecule has 0 radical (unpaired) electrons. The third kappa shape index (κ3) is 6.35. The highest BCUT2D eigenvalue weighted by Gasteiger charge is 2.29. The standard InChI is InChI=1S/C22H24N2O9/c1-29-18(8-9-20(26)24-28)21(15-4-2-3-5-16(15)30-11-10-25)33-22(27)23-14-6-7-17-19(12-14)32-13-31-17/h2-9,12,18,21,25,28H,10-11,13H2,1H3,(H,23,27)(H,24,26)/b9-8+/t18-,21-/m0/s1. The number of fused-ring (bicyclic) bond motifs is 1. The number of hydrogen-bond acceptors (Lipinski definition) is 9. The minimum absolute atomic E-state index is 0.0214. The number of carbonyl (C=O) groups is 2. The molecular weight excluding hydrogens is 436 g/mol. The van der Waals surface area contributed by atoms with Crippen LogP contribution < -0.4 is 25.0 Å². The molecule has 0 fully saturated rings. The van der Waals surface area contributed by atoms with Crippen molar-refractivity contribution in [3.63, 3.8) is 0 Å². The Kier molecular flexibility index (Phi) is 8.47. The second-order valence-electron chi connectivity index (χ2n) is 6.66.